The number of para-hydroxylation sites is 2. The SMILES string of the molecule is C1=Cc2c(cccc2N(c2ccccc2)c2ccc(-c3cccc(-c4ccc(N(c5ccccc5)c5cccc6ccccc56)cc4)c3)cc2)CCC1. The summed E-state index contributed by atoms with van der Waals surface area (Å²) in [6.07, 6.45) is 8.06. The lowest BCUT2D eigenvalue weighted by Gasteiger charge is -2.28. The van der Waals surface area contributed by atoms with Crippen molar-refractivity contribution in [2.24, 2.45) is 0 Å². The van der Waals surface area contributed by atoms with E-state index >= 15 is 0 Å². The smallest absolute Gasteiger partial charge is 0.0540 e. The number of allylic oxidation sites excluding steroid dienone is 1. The zero-order valence-corrected chi connectivity index (χ0v) is 29.6. The molecule has 1 aliphatic rings. The van der Waals surface area contributed by atoms with Crippen LogP contribution in [0.2, 0.25) is 0 Å². The molecule has 0 unspecified atom stereocenters. The maximum absolute atomic E-state index is 2.40. The molecule has 0 radical (unpaired) electrons. The number of rotatable bonds is 8. The third kappa shape index (κ3) is 6.52. The van der Waals surface area contributed by atoms with Crippen molar-refractivity contribution >= 4 is 51.0 Å². The molecule has 0 atom stereocenters. The van der Waals surface area contributed by atoms with Crippen LogP contribution in [-0.2, 0) is 6.42 Å². The molecule has 0 N–H and O–H groups in total. The lowest BCUT2D eigenvalue weighted by molar-refractivity contribution is 0.851. The van der Waals surface area contributed by atoms with Crippen molar-refractivity contribution in [1.29, 1.82) is 0 Å². The second-order valence-electron chi connectivity index (χ2n) is 13.7. The van der Waals surface area contributed by atoms with Crippen LogP contribution in [0.5, 0.6) is 0 Å². The van der Waals surface area contributed by atoms with Crippen LogP contribution in [0, 0.1) is 0 Å². The highest BCUT2D eigenvalue weighted by molar-refractivity contribution is 5.99. The summed E-state index contributed by atoms with van der Waals surface area (Å²) >= 11 is 0. The van der Waals surface area contributed by atoms with Crippen molar-refractivity contribution in [3.63, 3.8) is 0 Å². The Morgan fingerprint density at radius 3 is 1.55 bits per heavy atom. The van der Waals surface area contributed by atoms with Crippen molar-refractivity contribution in [2.45, 2.75) is 19.3 Å². The second-order valence-corrected chi connectivity index (χ2v) is 13.7. The fourth-order valence-corrected chi connectivity index (χ4v) is 7.71. The van der Waals surface area contributed by atoms with Gasteiger partial charge in [-0.1, -0.05) is 140 Å². The molecule has 8 aromatic rings. The molecule has 0 saturated carbocycles. The minimum absolute atomic E-state index is 1.10. The Hall–Kier alpha value is -6.64. The summed E-state index contributed by atoms with van der Waals surface area (Å²) in [6, 6.07) is 70.1. The second kappa shape index (κ2) is 14.5. The van der Waals surface area contributed by atoms with Crippen LogP contribution in [0.25, 0.3) is 39.1 Å². The summed E-state index contributed by atoms with van der Waals surface area (Å²) in [5.74, 6) is 0. The molecule has 0 fully saturated rings. The third-order valence-corrected chi connectivity index (χ3v) is 10.3. The van der Waals surface area contributed by atoms with E-state index in [1.165, 1.54) is 56.3 Å². The number of nitrogens with zero attached hydrogens (tertiary/aromatic N) is 2. The molecule has 9 rings (SSSR count). The van der Waals surface area contributed by atoms with Gasteiger partial charge in [0.1, 0.15) is 0 Å². The van der Waals surface area contributed by atoms with Crippen molar-refractivity contribution in [1.82, 2.24) is 0 Å². The Kier molecular flexibility index (Phi) is 8.85. The van der Waals surface area contributed by atoms with Crippen molar-refractivity contribution in [2.75, 3.05) is 9.80 Å². The molecule has 0 aromatic heterocycles. The van der Waals surface area contributed by atoms with Crippen LogP contribution in [0.1, 0.15) is 24.0 Å². The van der Waals surface area contributed by atoms with Crippen molar-refractivity contribution in [3.8, 4) is 22.3 Å². The molecule has 0 saturated heterocycles. The summed E-state index contributed by atoms with van der Waals surface area (Å²) in [7, 11) is 0. The predicted molar refractivity (Wildman–Crippen MR) is 226 cm³/mol. The van der Waals surface area contributed by atoms with Gasteiger partial charge in [0.15, 0.2) is 0 Å². The summed E-state index contributed by atoms with van der Waals surface area (Å²) in [5.41, 5.74) is 14.4. The highest BCUT2D eigenvalue weighted by Gasteiger charge is 2.19. The fraction of sp³-hybridized carbons (Fsp3) is 0.0588. The van der Waals surface area contributed by atoms with E-state index in [1.54, 1.807) is 0 Å². The Morgan fingerprint density at radius 2 is 0.887 bits per heavy atom. The number of benzene rings is 8. The van der Waals surface area contributed by atoms with E-state index in [0.29, 0.717) is 0 Å². The Balaban J connectivity index is 1.03. The van der Waals surface area contributed by atoms with Crippen LogP contribution >= 0.6 is 0 Å². The number of hydrogen-bond acceptors (Lipinski definition) is 2. The predicted octanol–water partition coefficient (Wildman–Crippen LogP) is 14.5. The van der Waals surface area contributed by atoms with Gasteiger partial charge in [-0.2, -0.15) is 0 Å². The van der Waals surface area contributed by atoms with Gasteiger partial charge in [0.05, 0.1) is 11.4 Å². The molecule has 1 aliphatic carbocycles. The molecule has 254 valence electrons. The maximum Gasteiger partial charge on any atom is 0.0540 e. The first-order valence-corrected chi connectivity index (χ1v) is 18.6. The first kappa shape index (κ1) is 32.3. The van der Waals surface area contributed by atoms with Gasteiger partial charge in [-0.3, -0.25) is 0 Å². The van der Waals surface area contributed by atoms with E-state index in [4.69, 9.17) is 0 Å². The molecule has 0 spiro atoms. The van der Waals surface area contributed by atoms with Gasteiger partial charge in [-0.25, -0.2) is 0 Å². The Bertz CT molecular complexity index is 2510. The zero-order chi connectivity index (χ0) is 35.4. The number of anilines is 6. The first-order chi connectivity index (χ1) is 26.3. The lowest BCUT2D eigenvalue weighted by atomic mass is 9.98. The van der Waals surface area contributed by atoms with Gasteiger partial charge in [-0.15, -0.1) is 0 Å². The summed E-state index contributed by atoms with van der Waals surface area (Å²) < 4.78 is 0. The molecule has 0 heterocycles. The third-order valence-electron chi connectivity index (χ3n) is 10.3. The normalized spacial score (nSPS) is 12.2. The summed E-state index contributed by atoms with van der Waals surface area (Å²) in [5, 5.41) is 2.45. The van der Waals surface area contributed by atoms with Crippen LogP contribution in [0.4, 0.5) is 34.1 Å². The molecular formula is C51H40N2. The standard InChI is InChI=1S/C51H40N2/c1-4-15-40-17-13-27-50(48(40)25-9-1)52(44-21-5-2-6-22-44)46-33-29-38(30-34-46)42-19-12-20-43(37-42)39-31-35-47(36-32-39)53(45-23-7-3-8-24-45)51-28-14-18-41-16-10-11-26-49(41)51/h2-3,5-14,16-37H,1,4,15H2. The monoisotopic (exact) mass is 680 g/mol. The summed E-state index contributed by atoms with van der Waals surface area (Å²) in [6.45, 7) is 0. The van der Waals surface area contributed by atoms with Crippen molar-refractivity contribution < 1.29 is 0 Å². The maximum atomic E-state index is 2.40. The molecule has 0 amide bonds. The quantitative estimate of drug-likeness (QED) is 0.158. The van der Waals surface area contributed by atoms with E-state index in [9.17, 15) is 0 Å². The number of fused-ring (bicyclic) bond motifs is 2. The minimum atomic E-state index is 1.10. The van der Waals surface area contributed by atoms with Gasteiger partial charge in [0, 0.05) is 33.7 Å². The number of aryl methyl sites for hydroxylation is 1. The lowest BCUT2D eigenvalue weighted by Crippen LogP contribution is -2.12. The van der Waals surface area contributed by atoms with Gasteiger partial charge in [-0.05, 0) is 119 Å². The van der Waals surface area contributed by atoms with E-state index in [0.717, 1.165) is 41.3 Å². The van der Waals surface area contributed by atoms with E-state index < -0.39 is 0 Å². The van der Waals surface area contributed by atoms with Crippen LogP contribution < -0.4 is 9.80 Å². The van der Waals surface area contributed by atoms with Gasteiger partial charge in [0.2, 0.25) is 0 Å². The highest BCUT2D eigenvalue weighted by Crippen LogP contribution is 2.42. The Morgan fingerprint density at radius 1 is 0.377 bits per heavy atom. The topological polar surface area (TPSA) is 6.48 Å². The zero-order valence-electron chi connectivity index (χ0n) is 29.6. The molecule has 0 aliphatic heterocycles. The minimum Gasteiger partial charge on any atom is -0.310 e. The van der Waals surface area contributed by atoms with Gasteiger partial charge in [0.25, 0.3) is 0 Å². The molecule has 2 heteroatoms. The van der Waals surface area contributed by atoms with Crippen molar-refractivity contribution in [3.05, 3.63) is 211 Å². The number of hydrogen-bond donors (Lipinski definition) is 0. The molecule has 53 heavy (non-hydrogen) atoms. The summed E-state index contributed by atoms with van der Waals surface area (Å²) in [4.78, 5) is 4.75. The first-order valence-electron chi connectivity index (χ1n) is 18.6. The molecule has 8 aromatic carbocycles. The Labute approximate surface area is 312 Å². The molecule has 2 nitrogen and oxygen atoms in total. The van der Waals surface area contributed by atoms with Crippen LogP contribution in [0.15, 0.2) is 200 Å². The van der Waals surface area contributed by atoms with E-state index in [-0.39, 0.29) is 0 Å². The highest BCUT2D eigenvalue weighted by atomic mass is 15.1. The average molecular weight is 681 g/mol. The molecule has 0 bridgehead atoms. The van der Waals surface area contributed by atoms with Gasteiger partial charge < -0.3 is 9.80 Å². The largest absolute Gasteiger partial charge is 0.310 e. The fourth-order valence-electron chi connectivity index (χ4n) is 7.71. The van der Waals surface area contributed by atoms with Crippen LogP contribution in [0.3, 0.4) is 0 Å². The van der Waals surface area contributed by atoms with E-state index in [1.807, 2.05) is 0 Å². The van der Waals surface area contributed by atoms with Gasteiger partial charge >= 0.3 is 0 Å². The molecular weight excluding hydrogens is 641 g/mol. The van der Waals surface area contributed by atoms with E-state index in [2.05, 4.69) is 216 Å². The average Bonchev–Trinajstić information content (AvgIpc) is 3.49. The van der Waals surface area contributed by atoms with Crippen LogP contribution in [-0.4, -0.2) is 0 Å².